The number of ether oxygens (including phenoxy) is 1. The highest BCUT2D eigenvalue weighted by atomic mass is 16.6. The van der Waals surface area contributed by atoms with Crippen LogP contribution in [0.25, 0.3) is 0 Å². The van der Waals surface area contributed by atoms with Gasteiger partial charge in [0.2, 0.25) is 6.33 Å². The Morgan fingerprint density at radius 2 is 2.05 bits per heavy atom. The van der Waals surface area contributed by atoms with Gasteiger partial charge in [0, 0.05) is 5.10 Å². The van der Waals surface area contributed by atoms with Crippen molar-refractivity contribution in [2.45, 2.75) is 30.6 Å². The topological polar surface area (TPSA) is 164 Å². The number of hydrogen-bond donors (Lipinski definition) is 4. The molecule has 2 rings (SSSR count). The minimum Gasteiger partial charge on any atom is -0.394 e. The molecule has 1 aromatic rings. The van der Waals surface area contributed by atoms with Crippen LogP contribution >= 0.6 is 0 Å². The summed E-state index contributed by atoms with van der Waals surface area (Å²) in [7, 11) is 0. The van der Waals surface area contributed by atoms with E-state index in [-0.39, 0.29) is 0 Å². The Bertz CT molecular complexity index is 464. The number of aliphatic hydroxyl groups is 4. The van der Waals surface area contributed by atoms with Crippen LogP contribution in [0, 0.1) is 10.1 Å². The number of aromatic nitrogens is 3. The molecule has 1 aromatic heterocycles. The highest BCUT2D eigenvalue weighted by Crippen LogP contribution is 2.27. The van der Waals surface area contributed by atoms with E-state index in [1.807, 2.05) is 0 Å². The number of nitro groups is 1. The van der Waals surface area contributed by atoms with Gasteiger partial charge < -0.3 is 35.3 Å². The van der Waals surface area contributed by atoms with Crippen molar-refractivity contribution < 1.29 is 30.1 Å². The molecule has 0 aliphatic carbocycles. The first-order chi connectivity index (χ1) is 8.95. The van der Waals surface area contributed by atoms with E-state index in [1.165, 1.54) is 0 Å². The second-order valence-electron chi connectivity index (χ2n) is 4.00. The van der Waals surface area contributed by atoms with Gasteiger partial charge in [0.1, 0.15) is 24.4 Å². The maximum atomic E-state index is 10.4. The maximum absolute atomic E-state index is 10.4. The fourth-order valence-electron chi connectivity index (χ4n) is 1.77. The number of hydrogen-bond acceptors (Lipinski definition) is 9. The zero-order valence-corrected chi connectivity index (χ0v) is 9.47. The van der Waals surface area contributed by atoms with Gasteiger partial charge in [0.15, 0.2) is 6.23 Å². The molecule has 106 valence electrons. The molecule has 11 heteroatoms. The summed E-state index contributed by atoms with van der Waals surface area (Å²) in [5.74, 6) is -0.697. The summed E-state index contributed by atoms with van der Waals surface area (Å²) in [5, 5.41) is 51.8. The second kappa shape index (κ2) is 5.14. The van der Waals surface area contributed by atoms with E-state index in [0.717, 1.165) is 11.0 Å². The molecule has 0 saturated carbocycles. The first-order valence-corrected chi connectivity index (χ1v) is 5.31. The van der Waals surface area contributed by atoms with Gasteiger partial charge in [-0.25, -0.2) is 0 Å². The monoisotopic (exact) mass is 276 g/mol. The van der Waals surface area contributed by atoms with Crippen LogP contribution in [0.1, 0.15) is 6.23 Å². The van der Waals surface area contributed by atoms with E-state index in [9.17, 15) is 25.4 Å². The molecule has 2 heterocycles. The van der Waals surface area contributed by atoms with Gasteiger partial charge in [0.05, 0.1) is 6.61 Å². The maximum Gasteiger partial charge on any atom is 0.491 e. The van der Waals surface area contributed by atoms with E-state index in [1.54, 1.807) is 0 Å². The third-order valence-electron chi connectivity index (χ3n) is 2.79. The quantitative estimate of drug-likeness (QED) is 0.336. The molecule has 0 aromatic carbocycles. The molecule has 0 spiro atoms. The Labute approximate surface area is 105 Å². The van der Waals surface area contributed by atoms with Crippen LogP contribution < -0.4 is 0 Å². The molecule has 0 bridgehead atoms. The van der Waals surface area contributed by atoms with Crippen molar-refractivity contribution in [3.05, 3.63) is 16.4 Å². The summed E-state index contributed by atoms with van der Waals surface area (Å²) >= 11 is 0. The standard InChI is InChI=1S/C8H12N4O7/c13-1-3-4(14)5(15)6(16)7(19-3)11-2-9-8(10-11)12(17)18/h2-7,13-16H,1H2/t3-,4-,5+,6-,7?/m1/s1. The van der Waals surface area contributed by atoms with E-state index in [2.05, 4.69) is 10.1 Å². The minimum atomic E-state index is -1.58. The Morgan fingerprint density at radius 1 is 1.37 bits per heavy atom. The number of aliphatic hydroxyl groups excluding tert-OH is 4. The smallest absolute Gasteiger partial charge is 0.394 e. The fourth-order valence-corrected chi connectivity index (χ4v) is 1.77. The van der Waals surface area contributed by atoms with Crippen LogP contribution in [0.5, 0.6) is 0 Å². The van der Waals surface area contributed by atoms with Crippen molar-refractivity contribution in [2.24, 2.45) is 0 Å². The largest absolute Gasteiger partial charge is 0.491 e. The Kier molecular flexibility index (Phi) is 3.73. The summed E-state index contributed by atoms with van der Waals surface area (Å²) in [5.41, 5.74) is 0. The molecular weight excluding hydrogens is 264 g/mol. The fraction of sp³-hybridized carbons (Fsp3) is 0.750. The predicted molar refractivity (Wildman–Crippen MR) is 55.7 cm³/mol. The predicted octanol–water partition coefficient (Wildman–Crippen LogP) is -2.84. The molecule has 5 atom stereocenters. The molecule has 1 aliphatic rings. The van der Waals surface area contributed by atoms with E-state index < -0.39 is 48.1 Å². The first kappa shape index (κ1) is 13.8. The van der Waals surface area contributed by atoms with Crippen LogP contribution in [0.15, 0.2) is 6.33 Å². The summed E-state index contributed by atoms with van der Waals surface area (Å²) in [6.45, 7) is -0.599. The van der Waals surface area contributed by atoms with Crippen LogP contribution in [0.4, 0.5) is 5.95 Å². The van der Waals surface area contributed by atoms with Gasteiger partial charge in [-0.3, -0.25) is 0 Å². The van der Waals surface area contributed by atoms with Crippen LogP contribution in [0.2, 0.25) is 0 Å². The van der Waals surface area contributed by atoms with Crippen molar-refractivity contribution in [3.8, 4) is 0 Å². The van der Waals surface area contributed by atoms with Crippen LogP contribution in [0.3, 0.4) is 0 Å². The lowest BCUT2D eigenvalue weighted by Crippen LogP contribution is -2.56. The summed E-state index contributed by atoms with van der Waals surface area (Å²) in [6, 6.07) is 0. The van der Waals surface area contributed by atoms with Gasteiger partial charge in [-0.2, -0.15) is 0 Å². The zero-order chi connectivity index (χ0) is 14.2. The molecule has 1 unspecified atom stereocenters. The third-order valence-corrected chi connectivity index (χ3v) is 2.79. The molecular formula is C8H12N4O7. The molecule has 11 nitrogen and oxygen atoms in total. The van der Waals surface area contributed by atoms with Gasteiger partial charge in [0.25, 0.3) is 0 Å². The number of nitrogens with zero attached hydrogens (tertiary/aromatic N) is 4. The Hall–Kier alpha value is -1.66. The van der Waals surface area contributed by atoms with Crippen LogP contribution in [-0.4, -0.2) is 71.1 Å². The van der Waals surface area contributed by atoms with E-state index in [4.69, 9.17) is 9.84 Å². The molecule has 1 aliphatic heterocycles. The lowest BCUT2D eigenvalue weighted by atomic mass is 9.98. The lowest BCUT2D eigenvalue weighted by molar-refractivity contribution is -0.394. The summed E-state index contributed by atoms with van der Waals surface area (Å²) < 4.78 is 5.99. The lowest BCUT2D eigenvalue weighted by Gasteiger charge is -2.38. The van der Waals surface area contributed by atoms with Crippen LogP contribution in [-0.2, 0) is 4.74 Å². The first-order valence-electron chi connectivity index (χ1n) is 5.31. The van der Waals surface area contributed by atoms with E-state index in [0.29, 0.717) is 0 Å². The van der Waals surface area contributed by atoms with Crippen molar-refractivity contribution >= 4 is 5.95 Å². The molecule has 0 amide bonds. The normalized spacial score (nSPS) is 35.3. The second-order valence-corrected chi connectivity index (χ2v) is 4.00. The Morgan fingerprint density at radius 3 is 2.58 bits per heavy atom. The molecule has 19 heavy (non-hydrogen) atoms. The van der Waals surface area contributed by atoms with Crippen molar-refractivity contribution in [3.63, 3.8) is 0 Å². The Balaban J connectivity index is 2.24. The summed E-state index contributed by atoms with van der Waals surface area (Å²) in [6.07, 6.45) is -6.12. The van der Waals surface area contributed by atoms with Crippen molar-refractivity contribution in [1.29, 1.82) is 0 Å². The SMILES string of the molecule is O=[N+]([O-])c1ncn(C2O[C@H](CO)[C@@H](O)[C@H](O)[C@H]2O)n1. The molecule has 4 N–H and O–H groups in total. The van der Waals surface area contributed by atoms with Gasteiger partial charge in [-0.1, -0.05) is 4.98 Å². The van der Waals surface area contributed by atoms with Gasteiger partial charge >= 0.3 is 5.95 Å². The zero-order valence-electron chi connectivity index (χ0n) is 9.47. The highest BCUT2D eigenvalue weighted by molar-refractivity contribution is 4.99. The van der Waals surface area contributed by atoms with E-state index >= 15 is 0 Å². The van der Waals surface area contributed by atoms with Crippen molar-refractivity contribution in [1.82, 2.24) is 14.8 Å². The molecule has 1 saturated heterocycles. The van der Waals surface area contributed by atoms with Gasteiger partial charge in [-0.15, -0.1) is 4.68 Å². The average molecular weight is 276 g/mol. The number of rotatable bonds is 3. The molecule has 1 fully saturated rings. The van der Waals surface area contributed by atoms with Gasteiger partial charge in [-0.05, 0) is 4.92 Å². The highest BCUT2D eigenvalue weighted by Gasteiger charge is 2.45. The third kappa shape index (κ3) is 2.41. The summed E-state index contributed by atoms with van der Waals surface area (Å²) in [4.78, 5) is 13.0. The van der Waals surface area contributed by atoms with Crippen molar-refractivity contribution in [2.75, 3.05) is 6.61 Å². The average Bonchev–Trinajstić information content (AvgIpc) is 2.86. The minimum absolute atomic E-state index is 0.599. The molecule has 0 radical (unpaired) electrons.